The normalized spacial score (nSPS) is 24.6. The third-order valence-corrected chi connectivity index (χ3v) is 7.43. The van der Waals surface area contributed by atoms with Crippen LogP contribution in [0.15, 0.2) is 54.6 Å². The Labute approximate surface area is 195 Å². The molecule has 2 aliphatic heterocycles. The Bertz CT molecular complexity index is 1060. The van der Waals surface area contributed by atoms with Crippen molar-refractivity contribution in [3.8, 4) is 11.8 Å². The summed E-state index contributed by atoms with van der Waals surface area (Å²) in [5.74, 6) is 6.64. The Kier molecular flexibility index (Phi) is 6.20. The topological polar surface area (TPSA) is 60.9 Å². The molecule has 1 N–H and O–H groups in total. The quantitative estimate of drug-likeness (QED) is 0.741. The smallest absolute Gasteiger partial charge is 0.242 e. The van der Waals surface area contributed by atoms with Gasteiger partial charge in [-0.1, -0.05) is 67.1 Å². The highest BCUT2D eigenvalue weighted by Gasteiger charge is 2.54. The van der Waals surface area contributed by atoms with Gasteiger partial charge >= 0.3 is 0 Å². The standard InChI is InChI=1S/C28H30N2O3/c31-19-25-27(22-15-13-21(14-16-22)10-6-9-20-7-2-1-3-8-20)24-17-29(18-26(32)30(24)25)28(33)23-11-4-5-12-23/h1-3,7-8,13-16,23-25,27,31H,4-5,9,11-12,17-19H2/t24-,25-,27-/m0/s1. The minimum Gasteiger partial charge on any atom is -0.394 e. The molecular formula is C28H30N2O3. The van der Waals surface area contributed by atoms with Gasteiger partial charge in [0.2, 0.25) is 11.8 Å². The molecule has 3 aliphatic rings. The predicted molar refractivity (Wildman–Crippen MR) is 126 cm³/mol. The molecule has 170 valence electrons. The van der Waals surface area contributed by atoms with Crippen LogP contribution in [0.2, 0.25) is 0 Å². The van der Waals surface area contributed by atoms with Gasteiger partial charge in [-0.25, -0.2) is 0 Å². The molecular weight excluding hydrogens is 412 g/mol. The summed E-state index contributed by atoms with van der Waals surface area (Å²) in [6, 6.07) is 18.0. The van der Waals surface area contributed by atoms with Crippen molar-refractivity contribution < 1.29 is 14.7 Å². The minimum atomic E-state index is -0.221. The fraction of sp³-hybridized carbons (Fsp3) is 0.429. The highest BCUT2D eigenvalue weighted by molar-refractivity contribution is 5.88. The summed E-state index contributed by atoms with van der Waals surface area (Å²) in [7, 11) is 0. The molecule has 2 amide bonds. The first kappa shape index (κ1) is 21.7. The van der Waals surface area contributed by atoms with Crippen molar-refractivity contribution in [3.05, 3.63) is 71.3 Å². The first-order valence-electron chi connectivity index (χ1n) is 12.0. The first-order chi connectivity index (χ1) is 16.2. The molecule has 0 bridgehead atoms. The van der Waals surface area contributed by atoms with E-state index in [1.54, 1.807) is 9.80 Å². The number of rotatable bonds is 4. The number of fused-ring (bicyclic) bond motifs is 1. The molecule has 5 nitrogen and oxygen atoms in total. The van der Waals surface area contributed by atoms with E-state index in [0.717, 1.165) is 36.8 Å². The number of benzene rings is 2. The van der Waals surface area contributed by atoms with Gasteiger partial charge in [0, 0.05) is 30.4 Å². The van der Waals surface area contributed by atoms with E-state index in [1.807, 2.05) is 30.3 Å². The zero-order valence-electron chi connectivity index (χ0n) is 18.8. The second kappa shape index (κ2) is 9.41. The van der Waals surface area contributed by atoms with E-state index >= 15 is 0 Å². The van der Waals surface area contributed by atoms with Crippen LogP contribution in [0.1, 0.15) is 48.3 Å². The van der Waals surface area contributed by atoms with Gasteiger partial charge in [0.05, 0.1) is 25.2 Å². The summed E-state index contributed by atoms with van der Waals surface area (Å²) < 4.78 is 0. The molecule has 33 heavy (non-hydrogen) atoms. The van der Waals surface area contributed by atoms with Gasteiger partial charge in [-0.2, -0.15) is 0 Å². The second-order valence-electron chi connectivity index (χ2n) is 9.43. The van der Waals surface area contributed by atoms with E-state index in [4.69, 9.17) is 0 Å². The second-order valence-corrected chi connectivity index (χ2v) is 9.43. The first-order valence-corrected chi connectivity index (χ1v) is 12.0. The number of carbonyl (C=O) groups is 2. The highest BCUT2D eigenvalue weighted by atomic mass is 16.3. The van der Waals surface area contributed by atoms with E-state index in [1.165, 1.54) is 5.56 Å². The van der Waals surface area contributed by atoms with Crippen molar-refractivity contribution in [2.45, 2.75) is 50.1 Å². The van der Waals surface area contributed by atoms with Crippen LogP contribution in [0.3, 0.4) is 0 Å². The lowest BCUT2D eigenvalue weighted by atomic mass is 9.73. The zero-order valence-corrected chi connectivity index (χ0v) is 18.8. The summed E-state index contributed by atoms with van der Waals surface area (Å²) in [6.45, 7) is 0.633. The van der Waals surface area contributed by atoms with E-state index in [2.05, 4.69) is 36.1 Å². The SMILES string of the molecule is O=C(C1CCCC1)N1CC(=O)N2[C@@H](CO)[C@@H](c3ccc(C#CCc4ccccc4)cc3)[C@@H]2C1. The molecule has 0 unspecified atom stereocenters. The molecule has 0 aromatic heterocycles. The Morgan fingerprint density at radius 1 is 1.03 bits per heavy atom. The predicted octanol–water partition coefficient (Wildman–Crippen LogP) is 2.97. The van der Waals surface area contributed by atoms with Crippen LogP contribution in [0.4, 0.5) is 0 Å². The summed E-state index contributed by atoms with van der Waals surface area (Å²) in [6.07, 6.45) is 4.79. The van der Waals surface area contributed by atoms with Crippen LogP contribution in [-0.4, -0.2) is 58.5 Å². The Balaban J connectivity index is 1.29. The fourth-order valence-electron chi connectivity index (χ4n) is 5.73. The summed E-state index contributed by atoms with van der Waals surface area (Å²) in [5.41, 5.74) is 3.23. The Morgan fingerprint density at radius 2 is 1.76 bits per heavy atom. The number of nitrogens with zero attached hydrogens (tertiary/aromatic N) is 2. The number of aliphatic hydroxyl groups is 1. The van der Waals surface area contributed by atoms with E-state index < -0.39 is 0 Å². The number of amides is 2. The van der Waals surface area contributed by atoms with Gasteiger partial charge < -0.3 is 14.9 Å². The largest absolute Gasteiger partial charge is 0.394 e. The lowest BCUT2D eigenvalue weighted by molar-refractivity contribution is -0.168. The van der Waals surface area contributed by atoms with Crippen molar-refractivity contribution in [1.82, 2.24) is 9.80 Å². The molecule has 0 radical (unpaired) electrons. The molecule has 1 saturated carbocycles. The number of hydrogen-bond acceptors (Lipinski definition) is 3. The van der Waals surface area contributed by atoms with E-state index in [9.17, 15) is 14.7 Å². The molecule has 3 fully saturated rings. The maximum absolute atomic E-state index is 13.0. The lowest BCUT2D eigenvalue weighted by Crippen LogP contribution is -2.73. The van der Waals surface area contributed by atoms with E-state index in [-0.39, 0.29) is 48.9 Å². The van der Waals surface area contributed by atoms with Gasteiger partial charge in [0.25, 0.3) is 0 Å². The summed E-state index contributed by atoms with van der Waals surface area (Å²) in [5, 5.41) is 10.0. The number of carbonyl (C=O) groups excluding carboxylic acids is 2. The van der Waals surface area contributed by atoms with Crippen molar-refractivity contribution in [2.75, 3.05) is 19.7 Å². The monoisotopic (exact) mass is 442 g/mol. The van der Waals surface area contributed by atoms with Crippen molar-refractivity contribution >= 4 is 11.8 Å². The van der Waals surface area contributed by atoms with Crippen LogP contribution >= 0.6 is 0 Å². The minimum absolute atomic E-state index is 0.0319. The third-order valence-electron chi connectivity index (χ3n) is 7.43. The van der Waals surface area contributed by atoms with Crippen molar-refractivity contribution in [2.24, 2.45) is 5.92 Å². The maximum Gasteiger partial charge on any atom is 0.242 e. The molecule has 0 spiro atoms. The molecule has 3 atom stereocenters. The third kappa shape index (κ3) is 4.28. The average Bonchev–Trinajstić information content (AvgIpc) is 3.37. The maximum atomic E-state index is 13.0. The number of aliphatic hydroxyl groups excluding tert-OH is 1. The van der Waals surface area contributed by atoms with Crippen LogP contribution in [0, 0.1) is 17.8 Å². The Morgan fingerprint density at radius 3 is 2.45 bits per heavy atom. The summed E-state index contributed by atoms with van der Waals surface area (Å²) >= 11 is 0. The van der Waals surface area contributed by atoms with Gasteiger partial charge in [-0.15, -0.1) is 0 Å². The van der Waals surface area contributed by atoms with Gasteiger partial charge in [-0.3, -0.25) is 9.59 Å². The molecule has 5 heteroatoms. The van der Waals surface area contributed by atoms with Crippen LogP contribution in [0.25, 0.3) is 0 Å². The Hall–Kier alpha value is -3.10. The zero-order chi connectivity index (χ0) is 22.8. The highest BCUT2D eigenvalue weighted by Crippen LogP contribution is 2.43. The van der Waals surface area contributed by atoms with Gasteiger partial charge in [-0.05, 0) is 36.1 Å². The summed E-state index contributed by atoms with van der Waals surface area (Å²) in [4.78, 5) is 29.3. The number of piperazine rings is 1. The molecule has 1 aliphatic carbocycles. The molecule has 2 heterocycles. The van der Waals surface area contributed by atoms with Crippen molar-refractivity contribution in [1.29, 1.82) is 0 Å². The van der Waals surface area contributed by atoms with Crippen LogP contribution in [0.5, 0.6) is 0 Å². The fourth-order valence-corrected chi connectivity index (χ4v) is 5.73. The van der Waals surface area contributed by atoms with Crippen LogP contribution in [-0.2, 0) is 16.0 Å². The average molecular weight is 443 g/mol. The molecule has 5 rings (SSSR count). The van der Waals surface area contributed by atoms with Gasteiger partial charge in [0.1, 0.15) is 0 Å². The van der Waals surface area contributed by atoms with Crippen LogP contribution < -0.4 is 0 Å². The van der Waals surface area contributed by atoms with Crippen molar-refractivity contribution in [3.63, 3.8) is 0 Å². The molecule has 2 aromatic carbocycles. The van der Waals surface area contributed by atoms with Gasteiger partial charge in [0.15, 0.2) is 0 Å². The molecule has 2 saturated heterocycles. The lowest BCUT2D eigenvalue weighted by Gasteiger charge is -2.59. The number of hydrogen-bond donors (Lipinski definition) is 1. The molecule has 2 aromatic rings. The van der Waals surface area contributed by atoms with E-state index in [0.29, 0.717) is 13.0 Å².